The number of halogens is 1. The molecule has 0 saturated heterocycles. The molecule has 0 spiro atoms. The molecule has 1 N–H and O–H groups in total. The van der Waals surface area contributed by atoms with Crippen LogP contribution < -0.4 is 5.32 Å². The minimum Gasteiger partial charge on any atom is -0.459 e. The summed E-state index contributed by atoms with van der Waals surface area (Å²) in [5, 5.41) is 5.20. The molecule has 3 atom stereocenters. The number of benzene rings is 1. The monoisotopic (exact) mass is 249 g/mol. The maximum Gasteiger partial charge on any atom is 0.134 e. The van der Waals surface area contributed by atoms with Crippen LogP contribution in [0, 0.1) is 11.8 Å². The minimum absolute atomic E-state index is 0.330. The van der Waals surface area contributed by atoms with E-state index in [1.807, 2.05) is 25.2 Å². The molecule has 3 unspecified atom stereocenters. The van der Waals surface area contributed by atoms with Crippen LogP contribution in [0.3, 0.4) is 0 Å². The van der Waals surface area contributed by atoms with Crippen LogP contribution in [0.15, 0.2) is 28.7 Å². The molecule has 1 heterocycles. The first kappa shape index (κ1) is 11.1. The zero-order chi connectivity index (χ0) is 12.0. The van der Waals surface area contributed by atoms with Crippen LogP contribution in [0.25, 0.3) is 11.0 Å². The highest BCUT2D eigenvalue weighted by atomic mass is 35.5. The van der Waals surface area contributed by atoms with E-state index in [0.717, 1.165) is 27.7 Å². The molecule has 1 aliphatic carbocycles. The topological polar surface area (TPSA) is 25.2 Å². The highest BCUT2D eigenvalue weighted by Gasteiger charge is 2.40. The van der Waals surface area contributed by atoms with Crippen molar-refractivity contribution in [2.45, 2.75) is 19.4 Å². The van der Waals surface area contributed by atoms with Crippen molar-refractivity contribution < 1.29 is 4.42 Å². The lowest BCUT2D eigenvalue weighted by Crippen LogP contribution is -2.18. The molecule has 1 fully saturated rings. The smallest absolute Gasteiger partial charge is 0.134 e. The molecular formula is C14H16ClNO. The van der Waals surface area contributed by atoms with E-state index in [2.05, 4.69) is 18.3 Å². The number of nitrogens with one attached hydrogen (secondary N) is 1. The normalized spacial score (nSPS) is 25.1. The molecule has 0 aliphatic heterocycles. The van der Waals surface area contributed by atoms with Crippen LogP contribution in [0.4, 0.5) is 0 Å². The fourth-order valence-corrected chi connectivity index (χ4v) is 2.75. The third kappa shape index (κ3) is 1.96. The second kappa shape index (κ2) is 4.04. The van der Waals surface area contributed by atoms with Crippen LogP contribution in [0.5, 0.6) is 0 Å². The Hall–Kier alpha value is -0.990. The van der Waals surface area contributed by atoms with Gasteiger partial charge in [-0.3, -0.25) is 0 Å². The van der Waals surface area contributed by atoms with Gasteiger partial charge in [0.15, 0.2) is 0 Å². The van der Waals surface area contributed by atoms with Crippen LogP contribution in [0.2, 0.25) is 5.02 Å². The van der Waals surface area contributed by atoms with Crippen molar-refractivity contribution in [1.82, 2.24) is 5.32 Å². The van der Waals surface area contributed by atoms with Crippen molar-refractivity contribution in [1.29, 1.82) is 0 Å². The molecule has 90 valence electrons. The summed E-state index contributed by atoms with van der Waals surface area (Å²) in [4.78, 5) is 0. The number of fused-ring (bicyclic) bond motifs is 1. The fraction of sp³-hybridized carbons (Fsp3) is 0.429. The van der Waals surface area contributed by atoms with Crippen molar-refractivity contribution in [3.05, 3.63) is 35.0 Å². The van der Waals surface area contributed by atoms with E-state index < -0.39 is 0 Å². The summed E-state index contributed by atoms with van der Waals surface area (Å²) >= 11 is 5.98. The number of furan rings is 1. The van der Waals surface area contributed by atoms with Gasteiger partial charge in [-0.2, -0.15) is 0 Å². The summed E-state index contributed by atoms with van der Waals surface area (Å²) in [6.45, 7) is 2.29. The quantitative estimate of drug-likeness (QED) is 0.889. The molecule has 3 heteroatoms. The molecule has 3 rings (SSSR count). The number of hydrogen-bond donors (Lipinski definition) is 1. The molecule has 0 radical (unpaired) electrons. The van der Waals surface area contributed by atoms with Crippen LogP contribution >= 0.6 is 11.6 Å². The Morgan fingerprint density at radius 2 is 2.18 bits per heavy atom. The van der Waals surface area contributed by atoms with Gasteiger partial charge in [-0.15, -0.1) is 0 Å². The summed E-state index contributed by atoms with van der Waals surface area (Å²) in [5.74, 6) is 2.53. The molecule has 2 nitrogen and oxygen atoms in total. The molecule has 1 aliphatic rings. The second-order valence-corrected chi connectivity index (χ2v) is 5.41. The lowest BCUT2D eigenvalue weighted by molar-refractivity contribution is 0.407. The van der Waals surface area contributed by atoms with E-state index in [1.54, 1.807) is 0 Å². The third-order valence-electron chi connectivity index (χ3n) is 3.71. The van der Waals surface area contributed by atoms with Crippen molar-refractivity contribution in [3.63, 3.8) is 0 Å². The summed E-state index contributed by atoms with van der Waals surface area (Å²) in [5.41, 5.74) is 0.915. The number of rotatable bonds is 3. The van der Waals surface area contributed by atoms with E-state index >= 15 is 0 Å². The van der Waals surface area contributed by atoms with Gasteiger partial charge in [0.1, 0.15) is 11.3 Å². The maximum absolute atomic E-state index is 5.98. The number of hydrogen-bond acceptors (Lipinski definition) is 2. The Labute approximate surface area is 106 Å². The fourth-order valence-electron chi connectivity index (χ4n) is 2.57. The van der Waals surface area contributed by atoms with Gasteiger partial charge in [0.05, 0.1) is 6.04 Å². The van der Waals surface area contributed by atoms with Crippen molar-refractivity contribution >= 4 is 22.6 Å². The van der Waals surface area contributed by atoms with Crippen molar-refractivity contribution in [2.24, 2.45) is 11.8 Å². The maximum atomic E-state index is 5.98. The molecule has 2 aromatic rings. The SMILES string of the molecule is CNC(c1cc2cc(Cl)ccc2o1)C1CC1C. The Morgan fingerprint density at radius 3 is 2.82 bits per heavy atom. The van der Waals surface area contributed by atoms with Gasteiger partial charge in [0, 0.05) is 10.4 Å². The van der Waals surface area contributed by atoms with Gasteiger partial charge in [-0.1, -0.05) is 18.5 Å². The standard InChI is InChI=1S/C14H16ClNO/c1-8-5-11(8)14(16-2)13-7-9-6-10(15)3-4-12(9)17-13/h3-4,6-8,11,14,16H,5H2,1-2H3. The van der Waals surface area contributed by atoms with E-state index in [-0.39, 0.29) is 0 Å². The highest BCUT2D eigenvalue weighted by Crippen LogP contribution is 2.47. The third-order valence-corrected chi connectivity index (χ3v) is 3.95. The second-order valence-electron chi connectivity index (χ2n) is 4.97. The Balaban J connectivity index is 1.99. The molecule has 1 aromatic heterocycles. The molecular weight excluding hydrogens is 234 g/mol. The molecule has 1 aromatic carbocycles. The average molecular weight is 250 g/mol. The molecule has 0 bridgehead atoms. The van der Waals surface area contributed by atoms with Gasteiger partial charge in [-0.05, 0) is 49.6 Å². The van der Waals surface area contributed by atoms with E-state index in [1.165, 1.54) is 6.42 Å². The van der Waals surface area contributed by atoms with Crippen molar-refractivity contribution in [3.8, 4) is 0 Å². The van der Waals surface area contributed by atoms with Gasteiger partial charge >= 0.3 is 0 Å². The summed E-state index contributed by atoms with van der Waals surface area (Å²) < 4.78 is 5.90. The Kier molecular flexibility index (Phi) is 2.64. The highest BCUT2D eigenvalue weighted by molar-refractivity contribution is 6.31. The summed E-state index contributed by atoms with van der Waals surface area (Å²) in [6, 6.07) is 8.19. The zero-order valence-corrected chi connectivity index (χ0v) is 10.8. The summed E-state index contributed by atoms with van der Waals surface area (Å²) in [7, 11) is 2.00. The lowest BCUT2D eigenvalue weighted by atomic mass is 10.1. The Morgan fingerprint density at radius 1 is 1.41 bits per heavy atom. The molecule has 17 heavy (non-hydrogen) atoms. The van der Waals surface area contributed by atoms with E-state index in [4.69, 9.17) is 16.0 Å². The molecule has 0 amide bonds. The van der Waals surface area contributed by atoms with Gasteiger partial charge in [0.2, 0.25) is 0 Å². The van der Waals surface area contributed by atoms with Crippen LogP contribution in [-0.4, -0.2) is 7.05 Å². The lowest BCUT2D eigenvalue weighted by Gasteiger charge is -2.12. The first-order chi connectivity index (χ1) is 8.19. The van der Waals surface area contributed by atoms with Crippen molar-refractivity contribution in [2.75, 3.05) is 7.05 Å². The summed E-state index contributed by atoms with van der Waals surface area (Å²) in [6.07, 6.45) is 1.28. The van der Waals surface area contributed by atoms with E-state index in [0.29, 0.717) is 12.0 Å². The largest absolute Gasteiger partial charge is 0.459 e. The minimum atomic E-state index is 0.330. The predicted octanol–water partition coefficient (Wildman–Crippen LogP) is 4.00. The first-order valence-corrected chi connectivity index (χ1v) is 6.43. The zero-order valence-electron chi connectivity index (χ0n) is 10.0. The van der Waals surface area contributed by atoms with E-state index in [9.17, 15) is 0 Å². The predicted molar refractivity (Wildman–Crippen MR) is 70.3 cm³/mol. The van der Waals surface area contributed by atoms with Gasteiger partial charge < -0.3 is 9.73 Å². The Bertz CT molecular complexity index is 548. The van der Waals surface area contributed by atoms with Crippen LogP contribution in [-0.2, 0) is 0 Å². The van der Waals surface area contributed by atoms with Gasteiger partial charge in [-0.25, -0.2) is 0 Å². The van der Waals surface area contributed by atoms with Crippen LogP contribution in [0.1, 0.15) is 25.1 Å². The molecule has 1 saturated carbocycles. The van der Waals surface area contributed by atoms with Gasteiger partial charge in [0.25, 0.3) is 0 Å². The average Bonchev–Trinajstić information content (AvgIpc) is 2.87. The first-order valence-electron chi connectivity index (χ1n) is 6.05.